The van der Waals surface area contributed by atoms with Crippen molar-refractivity contribution < 1.29 is 9.18 Å². The Balaban J connectivity index is 1.47. The van der Waals surface area contributed by atoms with E-state index in [2.05, 4.69) is 47.7 Å². The first-order valence-electron chi connectivity index (χ1n) is 11.9. The lowest BCUT2D eigenvalue weighted by atomic mass is 9.85. The van der Waals surface area contributed by atoms with E-state index < -0.39 is 6.04 Å². The molecule has 0 fully saturated rings. The highest BCUT2D eigenvalue weighted by Gasteiger charge is 2.31. The molecule has 2 N–H and O–H groups in total. The highest BCUT2D eigenvalue weighted by Crippen LogP contribution is 2.36. The van der Waals surface area contributed by atoms with Crippen LogP contribution in [0.5, 0.6) is 0 Å². The Morgan fingerprint density at radius 2 is 1.63 bits per heavy atom. The van der Waals surface area contributed by atoms with E-state index >= 15 is 0 Å². The first-order chi connectivity index (χ1) is 17.0. The van der Waals surface area contributed by atoms with Gasteiger partial charge in [-0.05, 0) is 88.2 Å². The Hall–Kier alpha value is -3.83. The smallest absolute Gasteiger partial charge is 0.246 e. The third-order valence-corrected chi connectivity index (χ3v) is 6.93. The van der Waals surface area contributed by atoms with Crippen LogP contribution >= 0.6 is 0 Å². The lowest BCUT2D eigenvalue weighted by molar-refractivity contribution is -0.118. The fourth-order valence-corrected chi connectivity index (χ4v) is 4.74. The second-order valence-corrected chi connectivity index (χ2v) is 9.27. The Kier molecular flexibility index (Phi) is 6.43. The quantitative estimate of drug-likeness (QED) is 0.358. The average molecular weight is 466 g/mol. The topological polar surface area (TPSA) is 54.0 Å². The van der Waals surface area contributed by atoms with E-state index in [1.165, 1.54) is 17.7 Å². The standard InChI is InChI=1S/C30H28FN3O/c1-19-17-33-29(28-16-23(11-12-27(28)20(19)2)24-8-5-13-32-18-24)30(35)34-26-10-4-7-22(15-26)21-6-3-9-25(31)14-21/h3-16,18-20,29,33H,17H2,1-2H3,(H,34,35). The van der Waals surface area contributed by atoms with Gasteiger partial charge in [-0.25, -0.2) is 4.39 Å². The summed E-state index contributed by atoms with van der Waals surface area (Å²) in [6.07, 6.45) is 3.59. The molecular formula is C30H28FN3O. The molecule has 2 heterocycles. The molecule has 1 aromatic heterocycles. The van der Waals surface area contributed by atoms with Crippen molar-refractivity contribution in [3.63, 3.8) is 0 Å². The highest BCUT2D eigenvalue weighted by molar-refractivity contribution is 5.96. The molecule has 0 aliphatic carbocycles. The number of rotatable bonds is 4. The number of carbonyl (C=O) groups excluding carboxylic acids is 1. The van der Waals surface area contributed by atoms with Gasteiger partial charge in [0.25, 0.3) is 0 Å². The number of benzene rings is 3. The van der Waals surface area contributed by atoms with Crippen molar-refractivity contribution in [2.75, 3.05) is 11.9 Å². The van der Waals surface area contributed by atoms with Gasteiger partial charge in [0.1, 0.15) is 11.9 Å². The van der Waals surface area contributed by atoms with Gasteiger partial charge in [0.15, 0.2) is 0 Å². The van der Waals surface area contributed by atoms with Crippen molar-refractivity contribution in [1.82, 2.24) is 10.3 Å². The van der Waals surface area contributed by atoms with Crippen LogP contribution in [0.25, 0.3) is 22.3 Å². The SMILES string of the molecule is CC1CNC(C(=O)Nc2cccc(-c3cccc(F)c3)c2)c2cc(-c3cccnc3)ccc2C1C. The maximum atomic E-state index is 13.7. The van der Waals surface area contributed by atoms with Gasteiger partial charge >= 0.3 is 0 Å². The number of halogens is 1. The lowest BCUT2D eigenvalue weighted by Gasteiger charge is -2.21. The van der Waals surface area contributed by atoms with E-state index in [9.17, 15) is 9.18 Å². The number of nitrogens with zero attached hydrogens (tertiary/aromatic N) is 1. The number of hydrogen-bond donors (Lipinski definition) is 2. The Bertz CT molecular complexity index is 1350. The molecule has 176 valence electrons. The zero-order valence-electron chi connectivity index (χ0n) is 19.8. The summed E-state index contributed by atoms with van der Waals surface area (Å²) < 4.78 is 13.7. The summed E-state index contributed by atoms with van der Waals surface area (Å²) in [6, 6.07) is 23.8. The Morgan fingerprint density at radius 1 is 0.886 bits per heavy atom. The third kappa shape index (κ3) is 4.86. The molecule has 3 aromatic carbocycles. The molecule has 35 heavy (non-hydrogen) atoms. The predicted molar refractivity (Wildman–Crippen MR) is 138 cm³/mol. The van der Waals surface area contributed by atoms with Gasteiger partial charge in [0, 0.05) is 18.1 Å². The second kappa shape index (κ2) is 9.80. The second-order valence-electron chi connectivity index (χ2n) is 9.27. The predicted octanol–water partition coefficient (Wildman–Crippen LogP) is 6.58. The molecule has 0 radical (unpaired) electrons. The molecule has 1 amide bonds. The van der Waals surface area contributed by atoms with Crippen molar-refractivity contribution >= 4 is 11.6 Å². The molecular weight excluding hydrogens is 437 g/mol. The van der Waals surface area contributed by atoms with Crippen LogP contribution in [0.3, 0.4) is 0 Å². The summed E-state index contributed by atoms with van der Waals surface area (Å²) in [5.74, 6) is 0.290. The minimum atomic E-state index is -0.494. The van der Waals surface area contributed by atoms with Crippen LogP contribution in [-0.2, 0) is 4.79 Å². The van der Waals surface area contributed by atoms with Gasteiger partial charge in [0.2, 0.25) is 5.91 Å². The number of nitrogens with one attached hydrogen (secondary N) is 2. The van der Waals surface area contributed by atoms with Crippen LogP contribution in [0.4, 0.5) is 10.1 Å². The number of carbonyl (C=O) groups is 1. The number of pyridine rings is 1. The molecule has 0 spiro atoms. The van der Waals surface area contributed by atoms with Crippen LogP contribution in [0.15, 0.2) is 91.3 Å². The normalized spacial score (nSPS) is 19.5. The summed E-state index contributed by atoms with van der Waals surface area (Å²) in [5.41, 5.74) is 6.51. The van der Waals surface area contributed by atoms with Gasteiger partial charge in [-0.15, -0.1) is 0 Å². The minimum Gasteiger partial charge on any atom is -0.324 e. The van der Waals surface area contributed by atoms with Crippen molar-refractivity contribution in [3.8, 4) is 22.3 Å². The van der Waals surface area contributed by atoms with Crippen LogP contribution in [0.2, 0.25) is 0 Å². The van der Waals surface area contributed by atoms with Crippen molar-refractivity contribution in [3.05, 3.63) is 108 Å². The zero-order chi connectivity index (χ0) is 24.4. The van der Waals surface area contributed by atoms with E-state index in [0.29, 0.717) is 17.5 Å². The van der Waals surface area contributed by atoms with E-state index in [1.807, 2.05) is 48.7 Å². The van der Waals surface area contributed by atoms with Gasteiger partial charge < -0.3 is 10.6 Å². The van der Waals surface area contributed by atoms with Crippen molar-refractivity contribution in [2.24, 2.45) is 5.92 Å². The molecule has 0 saturated carbocycles. The molecule has 4 nitrogen and oxygen atoms in total. The van der Waals surface area contributed by atoms with Crippen LogP contribution < -0.4 is 10.6 Å². The van der Waals surface area contributed by atoms with Gasteiger partial charge in [-0.3, -0.25) is 9.78 Å². The molecule has 1 aliphatic heterocycles. The van der Waals surface area contributed by atoms with Gasteiger partial charge in [-0.2, -0.15) is 0 Å². The molecule has 4 aromatic rings. The summed E-state index contributed by atoms with van der Waals surface area (Å²) in [5, 5.41) is 6.58. The van der Waals surface area contributed by atoms with Crippen LogP contribution in [-0.4, -0.2) is 17.4 Å². The largest absolute Gasteiger partial charge is 0.324 e. The van der Waals surface area contributed by atoms with Crippen LogP contribution in [0, 0.1) is 11.7 Å². The van der Waals surface area contributed by atoms with Crippen molar-refractivity contribution in [2.45, 2.75) is 25.8 Å². The fraction of sp³-hybridized carbons (Fsp3) is 0.200. The molecule has 0 saturated heterocycles. The summed E-state index contributed by atoms with van der Waals surface area (Å²) in [7, 11) is 0. The van der Waals surface area contributed by atoms with E-state index in [1.54, 1.807) is 12.3 Å². The average Bonchev–Trinajstić information content (AvgIpc) is 3.00. The van der Waals surface area contributed by atoms with Crippen molar-refractivity contribution in [1.29, 1.82) is 0 Å². The summed E-state index contributed by atoms with van der Waals surface area (Å²) in [4.78, 5) is 17.8. The molecule has 0 bridgehead atoms. The summed E-state index contributed by atoms with van der Waals surface area (Å²) >= 11 is 0. The minimum absolute atomic E-state index is 0.118. The monoisotopic (exact) mass is 465 g/mol. The lowest BCUT2D eigenvalue weighted by Crippen LogP contribution is -2.34. The molecule has 3 atom stereocenters. The number of fused-ring (bicyclic) bond motifs is 1. The van der Waals surface area contributed by atoms with Gasteiger partial charge in [0.05, 0.1) is 0 Å². The van der Waals surface area contributed by atoms with Crippen LogP contribution in [0.1, 0.15) is 36.9 Å². The Morgan fingerprint density at radius 3 is 2.40 bits per heavy atom. The first-order valence-corrected chi connectivity index (χ1v) is 11.9. The number of hydrogen-bond acceptors (Lipinski definition) is 3. The summed E-state index contributed by atoms with van der Waals surface area (Å²) in [6.45, 7) is 5.16. The Labute approximate surface area is 205 Å². The van der Waals surface area contributed by atoms with E-state index in [4.69, 9.17) is 0 Å². The molecule has 3 unspecified atom stereocenters. The number of anilines is 1. The molecule has 5 heteroatoms. The number of aromatic nitrogens is 1. The zero-order valence-corrected chi connectivity index (χ0v) is 19.8. The maximum Gasteiger partial charge on any atom is 0.246 e. The molecule has 1 aliphatic rings. The molecule has 5 rings (SSSR count). The van der Waals surface area contributed by atoms with E-state index in [0.717, 1.165) is 34.4 Å². The van der Waals surface area contributed by atoms with E-state index in [-0.39, 0.29) is 11.7 Å². The maximum absolute atomic E-state index is 13.7. The first kappa shape index (κ1) is 22.9. The highest BCUT2D eigenvalue weighted by atomic mass is 19.1. The third-order valence-electron chi connectivity index (χ3n) is 6.93. The number of amides is 1. The van der Waals surface area contributed by atoms with Gasteiger partial charge in [-0.1, -0.05) is 56.3 Å². The fourth-order valence-electron chi connectivity index (χ4n) is 4.74.